The lowest BCUT2D eigenvalue weighted by Crippen LogP contribution is -2.53. The number of hydrogen-bond donors (Lipinski definition) is 6. The number of allylic oxidation sites excluding steroid dienone is 1. The molecule has 0 aliphatic carbocycles. The number of carbonyl (C=O) groups is 4. The van der Waals surface area contributed by atoms with Gasteiger partial charge in [0.15, 0.2) is 5.96 Å². The van der Waals surface area contributed by atoms with Gasteiger partial charge in [-0.25, -0.2) is 4.79 Å². The lowest BCUT2D eigenvalue weighted by Gasteiger charge is -2.22. The second-order valence-electron chi connectivity index (χ2n) is 7.14. The number of carboxylic acids is 2. The minimum Gasteiger partial charge on any atom is -0.481 e. The summed E-state index contributed by atoms with van der Waals surface area (Å²) in [6.07, 6.45) is 6.43. The van der Waals surface area contributed by atoms with Crippen molar-refractivity contribution in [2.45, 2.75) is 64.5 Å². The van der Waals surface area contributed by atoms with Crippen LogP contribution in [-0.2, 0) is 19.2 Å². The number of amides is 2. The number of aliphatic imine (C=N–C) groups is 1. The molecule has 0 radical (unpaired) electrons. The first-order valence-corrected chi connectivity index (χ1v) is 9.82. The Labute approximate surface area is 176 Å². The van der Waals surface area contributed by atoms with E-state index in [0.717, 1.165) is 25.7 Å². The molecule has 11 heteroatoms. The summed E-state index contributed by atoms with van der Waals surface area (Å²) in [4.78, 5) is 50.4. The van der Waals surface area contributed by atoms with Crippen molar-refractivity contribution in [1.29, 1.82) is 0 Å². The number of nitrogens with one attached hydrogen (secondary N) is 2. The van der Waals surface area contributed by atoms with Crippen LogP contribution in [0, 0.1) is 5.92 Å². The Balaban J connectivity index is 4.51. The number of hydrogen-bond acceptors (Lipinski definition) is 5. The highest BCUT2D eigenvalue weighted by Crippen LogP contribution is 2.05. The molecule has 8 N–H and O–H groups in total. The van der Waals surface area contributed by atoms with E-state index < -0.39 is 48.2 Å². The Kier molecular flexibility index (Phi) is 13.3. The van der Waals surface area contributed by atoms with Crippen molar-refractivity contribution in [3.63, 3.8) is 0 Å². The van der Waals surface area contributed by atoms with Crippen LogP contribution < -0.4 is 22.1 Å². The molecule has 0 rings (SSSR count). The second-order valence-corrected chi connectivity index (χ2v) is 7.14. The van der Waals surface area contributed by atoms with Crippen LogP contribution in [0.5, 0.6) is 0 Å². The number of carbonyl (C=O) groups excluding carboxylic acids is 2. The molecule has 0 aromatic heterocycles. The van der Waals surface area contributed by atoms with Gasteiger partial charge in [0.2, 0.25) is 11.8 Å². The smallest absolute Gasteiger partial charge is 0.326 e. The summed E-state index contributed by atoms with van der Waals surface area (Å²) < 4.78 is 0. The number of nitrogens with zero attached hydrogens (tertiary/aromatic N) is 1. The van der Waals surface area contributed by atoms with Crippen LogP contribution in [0.4, 0.5) is 0 Å². The fourth-order valence-corrected chi connectivity index (χ4v) is 2.50. The van der Waals surface area contributed by atoms with Gasteiger partial charge in [-0.05, 0) is 31.3 Å². The third kappa shape index (κ3) is 13.1. The summed E-state index contributed by atoms with van der Waals surface area (Å²) in [6.45, 7) is 3.79. The summed E-state index contributed by atoms with van der Waals surface area (Å²) in [7, 11) is 0. The fraction of sp³-hybridized carbons (Fsp3) is 0.632. The van der Waals surface area contributed by atoms with Gasteiger partial charge in [-0.15, -0.1) is 0 Å². The van der Waals surface area contributed by atoms with Crippen LogP contribution in [0.1, 0.15) is 52.4 Å². The molecule has 0 aliphatic rings. The topological polar surface area (TPSA) is 197 Å². The molecule has 0 bridgehead atoms. The zero-order valence-corrected chi connectivity index (χ0v) is 17.5. The molecule has 0 saturated heterocycles. The van der Waals surface area contributed by atoms with Crippen molar-refractivity contribution in [1.82, 2.24) is 10.6 Å². The molecule has 0 saturated carbocycles. The third-order valence-electron chi connectivity index (χ3n) is 4.08. The maximum absolute atomic E-state index is 12.3. The molecular formula is C19H33N5O6. The highest BCUT2D eigenvalue weighted by molar-refractivity contribution is 5.95. The number of nitrogens with two attached hydrogens (primary N) is 2. The monoisotopic (exact) mass is 427 g/mol. The molecule has 0 aromatic carbocycles. The van der Waals surface area contributed by atoms with Gasteiger partial charge in [0.05, 0.1) is 6.42 Å². The molecular weight excluding hydrogens is 394 g/mol. The van der Waals surface area contributed by atoms with Gasteiger partial charge < -0.3 is 32.3 Å². The van der Waals surface area contributed by atoms with Crippen LogP contribution in [0.25, 0.3) is 0 Å². The van der Waals surface area contributed by atoms with Crippen molar-refractivity contribution in [3.8, 4) is 0 Å². The summed E-state index contributed by atoms with van der Waals surface area (Å²) in [5.74, 6) is -4.36. The Bertz CT molecular complexity index is 643. The van der Waals surface area contributed by atoms with Gasteiger partial charge in [0.25, 0.3) is 0 Å². The van der Waals surface area contributed by atoms with Gasteiger partial charge in [-0.1, -0.05) is 32.8 Å². The molecule has 0 fully saturated rings. The maximum Gasteiger partial charge on any atom is 0.326 e. The first-order chi connectivity index (χ1) is 14.0. The van der Waals surface area contributed by atoms with E-state index in [1.807, 2.05) is 0 Å². The Morgan fingerprint density at radius 2 is 1.63 bits per heavy atom. The van der Waals surface area contributed by atoms with Crippen LogP contribution in [0.3, 0.4) is 0 Å². The standard InChI is InChI=1S/C19H33N5O6/c1-12(2)16(18(29)30)24-17(28)13(11-15(26)27)23-14(25)9-7-5-3-4-6-8-10-22-19(20)21/h7,9,12-13,16H,3-6,8,10-11H2,1-2H3,(H,23,25)(H,24,28)(H,26,27)(H,29,30)(H4,20,21,22)/b9-7+/t13-,16-/m0/s1. The molecule has 0 aliphatic heterocycles. The molecule has 0 aromatic rings. The zero-order valence-electron chi connectivity index (χ0n) is 17.5. The highest BCUT2D eigenvalue weighted by Gasteiger charge is 2.29. The molecule has 2 atom stereocenters. The summed E-state index contributed by atoms with van der Waals surface area (Å²) in [6, 6.07) is -2.57. The second kappa shape index (κ2) is 14.8. The maximum atomic E-state index is 12.3. The van der Waals surface area contributed by atoms with E-state index in [1.54, 1.807) is 19.9 Å². The Morgan fingerprint density at radius 3 is 2.17 bits per heavy atom. The summed E-state index contributed by atoms with van der Waals surface area (Å²) in [5.41, 5.74) is 10.5. The molecule has 0 heterocycles. The van der Waals surface area contributed by atoms with Gasteiger partial charge in [0, 0.05) is 6.54 Å². The van der Waals surface area contributed by atoms with Crippen LogP contribution in [-0.4, -0.2) is 58.6 Å². The summed E-state index contributed by atoms with van der Waals surface area (Å²) >= 11 is 0. The predicted octanol–water partition coefficient (Wildman–Crippen LogP) is -0.0486. The van der Waals surface area contributed by atoms with Crippen molar-refractivity contribution in [2.75, 3.05) is 6.54 Å². The van der Waals surface area contributed by atoms with E-state index >= 15 is 0 Å². The largest absolute Gasteiger partial charge is 0.481 e. The average molecular weight is 428 g/mol. The molecule has 11 nitrogen and oxygen atoms in total. The van der Waals surface area contributed by atoms with E-state index in [0.29, 0.717) is 13.0 Å². The van der Waals surface area contributed by atoms with Gasteiger partial charge in [-0.2, -0.15) is 0 Å². The van der Waals surface area contributed by atoms with Crippen LogP contribution in [0.15, 0.2) is 17.1 Å². The van der Waals surface area contributed by atoms with Crippen molar-refractivity contribution >= 4 is 29.7 Å². The van der Waals surface area contributed by atoms with Crippen molar-refractivity contribution in [3.05, 3.63) is 12.2 Å². The molecule has 30 heavy (non-hydrogen) atoms. The summed E-state index contributed by atoms with van der Waals surface area (Å²) in [5, 5.41) is 22.7. The first-order valence-electron chi connectivity index (χ1n) is 9.82. The lowest BCUT2D eigenvalue weighted by atomic mass is 10.0. The van der Waals surface area contributed by atoms with Crippen LogP contribution >= 0.6 is 0 Å². The normalized spacial score (nSPS) is 12.9. The zero-order chi connectivity index (χ0) is 23.1. The number of guanidine groups is 1. The molecule has 0 spiro atoms. The minimum atomic E-state index is -1.38. The Hall–Kier alpha value is -3.11. The average Bonchev–Trinajstić information content (AvgIpc) is 2.62. The first kappa shape index (κ1) is 26.9. The molecule has 0 unspecified atom stereocenters. The number of carboxylic acid groups (broad SMARTS) is 2. The quantitative estimate of drug-likeness (QED) is 0.0904. The minimum absolute atomic E-state index is 0.0708. The number of aliphatic carboxylic acids is 2. The SMILES string of the molecule is CC(C)[C@H](NC(=O)[C@H](CC(=O)O)NC(=O)/C=C/CCCCCCN=C(N)N)C(=O)O. The van der Waals surface area contributed by atoms with E-state index in [-0.39, 0.29) is 5.96 Å². The van der Waals surface area contributed by atoms with Gasteiger partial charge in [0.1, 0.15) is 12.1 Å². The lowest BCUT2D eigenvalue weighted by molar-refractivity contribution is -0.144. The van der Waals surface area contributed by atoms with Crippen molar-refractivity contribution < 1.29 is 29.4 Å². The molecule has 2 amide bonds. The number of rotatable bonds is 15. The third-order valence-corrected chi connectivity index (χ3v) is 4.08. The predicted molar refractivity (Wildman–Crippen MR) is 111 cm³/mol. The molecule has 170 valence electrons. The van der Waals surface area contributed by atoms with E-state index in [4.69, 9.17) is 21.7 Å². The Morgan fingerprint density at radius 1 is 1.00 bits per heavy atom. The highest BCUT2D eigenvalue weighted by atomic mass is 16.4. The van der Waals surface area contributed by atoms with E-state index in [9.17, 15) is 19.2 Å². The van der Waals surface area contributed by atoms with Crippen LogP contribution in [0.2, 0.25) is 0 Å². The van der Waals surface area contributed by atoms with E-state index in [1.165, 1.54) is 6.08 Å². The fourth-order valence-electron chi connectivity index (χ4n) is 2.50. The van der Waals surface area contributed by atoms with Crippen molar-refractivity contribution in [2.24, 2.45) is 22.4 Å². The van der Waals surface area contributed by atoms with Gasteiger partial charge in [-0.3, -0.25) is 19.4 Å². The number of unbranched alkanes of at least 4 members (excludes halogenated alkanes) is 4. The van der Waals surface area contributed by atoms with E-state index in [2.05, 4.69) is 15.6 Å². The van der Waals surface area contributed by atoms with Gasteiger partial charge >= 0.3 is 11.9 Å².